The van der Waals surface area contributed by atoms with E-state index in [0.29, 0.717) is 6.61 Å². The van der Waals surface area contributed by atoms with Gasteiger partial charge in [0.15, 0.2) is 0 Å². The van der Waals surface area contributed by atoms with Crippen LogP contribution in [0.1, 0.15) is 24.6 Å². The number of benzene rings is 1. The number of nitrogens with one attached hydrogen (secondary N) is 1. The van der Waals surface area contributed by atoms with E-state index in [1.165, 1.54) is 5.56 Å². The van der Waals surface area contributed by atoms with E-state index in [2.05, 4.69) is 39.2 Å². The summed E-state index contributed by atoms with van der Waals surface area (Å²) in [6.45, 7) is 4.49. The number of para-hydroxylation sites is 1. The van der Waals surface area contributed by atoms with Gasteiger partial charge in [0.1, 0.15) is 12.4 Å². The summed E-state index contributed by atoms with van der Waals surface area (Å²) in [6, 6.07) is 12.1. The molecule has 0 radical (unpaired) electrons. The minimum Gasteiger partial charge on any atom is -0.487 e. The van der Waals surface area contributed by atoms with Crippen LogP contribution in [0.15, 0.2) is 47.1 Å². The zero-order valence-electron chi connectivity index (χ0n) is 11.6. The first-order chi connectivity index (χ1) is 9.79. The van der Waals surface area contributed by atoms with Gasteiger partial charge in [0.05, 0.1) is 5.69 Å². The summed E-state index contributed by atoms with van der Waals surface area (Å²) in [7, 11) is 0. The van der Waals surface area contributed by atoms with Gasteiger partial charge in [-0.05, 0) is 47.1 Å². The second-order valence-electron chi connectivity index (χ2n) is 4.54. The first kappa shape index (κ1) is 15.0. The molecular weight excluding hydrogens is 316 g/mol. The summed E-state index contributed by atoms with van der Waals surface area (Å²) in [5.41, 5.74) is 2.10. The van der Waals surface area contributed by atoms with Gasteiger partial charge in [0.2, 0.25) is 0 Å². The minimum absolute atomic E-state index is 0.484. The van der Waals surface area contributed by atoms with E-state index in [4.69, 9.17) is 4.74 Å². The van der Waals surface area contributed by atoms with Crippen LogP contribution in [0.5, 0.6) is 5.75 Å². The molecule has 0 atom stereocenters. The molecule has 1 heterocycles. The molecule has 0 unspecified atom stereocenters. The zero-order valence-corrected chi connectivity index (χ0v) is 13.2. The van der Waals surface area contributed by atoms with Gasteiger partial charge < -0.3 is 10.1 Å². The normalized spacial score (nSPS) is 10.5. The first-order valence-electron chi connectivity index (χ1n) is 6.81. The fraction of sp³-hybridized carbons (Fsp3) is 0.312. The van der Waals surface area contributed by atoms with Crippen LogP contribution in [-0.4, -0.2) is 11.5 Å². The van der Waals surface area contributed by atoms with Crippen LogP contribution in [0.4, 0.5) is 0 Å². The smallest absolute Gasteiger partial charge is 0.130 e. The van der Waals surface area contributed by atoms with Crippen molar-refractivity contribution in [1.82, 2.24) is 10.3 Å². The van der Waals surface area contributed by atoms with Crippen molar-refractivity contribution < 1.29 is 4.74 Å². The maximum Gasteiger partial charge on any atom is 0.130 e. The molecule has 0 fully saturated rings. The second-order valence-corrected chi connectivity index (χ2v) is 5.46. The second kappa shape index (κ2) is 8.02. The van der Waals surface area contributed by atoms with Crippen LogP contribution >= 0.6 is 15.9 Å². The van der Waals surface area contributed by atoms with Gasteiger partial charge in [-0.1, -0.05) is 25.1 Å². The molecule has 0 aliphatic rings. The van der Waals surface area contributed by atoms with Gasteiger partial charge >= 0.3 is 0 Å². The highest BCUT2D eigenvalue weighted by atomic mass is 79.9. The lowest BCUT2D eigenvalue weighted by Gasteiger charge is -2.11. The zero-order chi connectivity index (χ0) is 14.2. The van der Waals surface area contributed by atoms with Gasteiger partial charge in [-0.25, -0.2) is 0 Å². The number of hydrogen-bond acceptors (Lipinski definition) is 3. The maximum atomic E-state index is 5.88. The van der Waals surface area contributed by atoms with E-state index < -0.39 is 0 Å². The van der Waals surface area contributed by atoms with E-state index in [-0.39, 0.29) is 0 Å². The van der Waals surface area contributed by atoms with Crippen molar-refractivity contribution in [1.29, 1.82) is 0 Å². The van der Waals surface area contributed by atoms with Gasteiger partial charge in [-0.15, -0.1) is 0 Å². The van der Waals surface area contributed by atoms with Gasteiger partial charge in [0, 0.05) is 22.8 Å². The molecule has 1 aromatic carbocycles. The van der Waals surface area contributed by atoms with Crippen molar-refractivity contribution in [3.63, 3.8) is 0 Å². The standard InChI is InChI=1S/C16H19BrN2O/c1-2-9-18-10-13-5-3-4-6-16(13)20-12-15-8-7-14(17)11-19-15/h3-8,11,18H,2,9-10,12H2,1H3. The summed E-state index contributed by atoms with van der Waals surface area (Å²) >= 11 is 3.38. The highest BCUT2D eigenvalue weighted by molar-refractivity contribution is 9.10. The third kappa shape index (κ3) is 4.62. The van der Waals surface area contributed by atoms with Crippen LogP contribution < -0.4 is 10.1 Å². The van der Waals surface area contributed by atoms with Crippen LogP contribution in [0.3, 0.4) is 0 Å². The number of halogens is 1. The van der Waals surface area contributed by atoms with Crippen molar-refractivity contribution in [2.24, 2.45) is 0 Å². The Morgan fingerprint density at radius 2 is 2.05 bits per heavy atom. The summed E-state index contributed by atoms with van der Waals surface area (Å²) in [4.78, 5) is 4.31. The van der Waals surface area contributed by atoms with E-state index in [1.807, 2.05) is 30.3 Å². The molecule has 0 aliphatic carbocycles. The summed E-state index contributed by atoms with van der Waals surface area (Å²) < 4.78 is 6.85. The Kier molecular flexibility index (Phi) is 6.02. The molecule has 0 aliphatic heterocycles. The fourth-order valence-electron chi connectivity index (χ4n) is 1.83. The number of aromatic nitrogens is 1. The average Bonchev–Trinajstić information content (AvgIpc) is 2.48. The largest absolute Gasteiger partial charge is 0.487 e. The minimum atomic E-state index is 0.484. The fourth-order valence-corrected chi connectivity index (χ4v) is 2.07. The van der Waals surface area contributed by atoms with Crippen molar-refractivity contribution >= 4 is 15.9 Å². The van der Waals surface area contributed by atoms with Crippen LogP contribution in [0.25, 0.3) is 0 Å². The molecular formula is C16H19BrN2O. The Morgan fingerprint density at radius 1 is 1.20 bits per heavy atom. The monoisotopic (exact) mass is 334 g/mol. The molecule has 1 N–H and O–H groups in total. The third-order valence-electron chi connectivity index (χ3n) is 2.88. The number of hydrogen-bond donors (Lipinski definition) is 1. The maximum absolute atomic E-state index is 5.88. The molecule has 1 aromatic heterocycles. The highest BCUT2D eigenvalue weighted by Gasteiger charge is 2.03. The lowest BCUT2D eigenvalue weighted by molar-refractivity contribution is 0.297. The van der Waals surface area contributed by atoms with E-state index in [0.717, 1.165) is 35.4 Å². The van der Waals surface area contributed by atoms with Crippen LogP contribution in [0, 0.1) is 0 Å². The molecule has 3 nitrogen and oxygen atoms in total. The van der Waals surface area contributed by atoms with E-state index in [9.17, 15) is 0 Å². The Bertz CT molecular complexity index is 528. The predicted molar refractivity (Wildman–Crippen MR) is 84.7 cm³/mol. The number of ether oxygens (including phenoxy) is 1. The SMILES string of the molecule is CCCNCc1ccccc1OCc1ccc(Br)cn1. The summed E-state index contributed by atoms with van der Waals surface area (Å²) in [6.07, 6.45) is 2.92. The average molecular weight is 335 g/mol. The van der Waals surface area contributed by atoms with Gasteiger partial charge in [-0.3, -0.25) is 4.98 Å². The summed E-state index contributed by atoms with van der Waals surface area (Å²) in [5, 5.41) is 3.40. The Hall–Kier alpha value is -1.39. The van der Waals surface area contributed by atoms with Gasteiger partial charge in [-0.2, -0.15) is 0 Å². The number of pyridine rings is 1. The summed E-state index contributed by atoms with van der Waals surface area (Å²) in [5.74, 6) is 0.917. The quantitative estimate of drug-likeness (QED) is 0.779. The van der Waals surface area contributed by atoms with E-state index in [1.54, 1.807) is 6.20 Å². The Morgan fingerprint density at radius 3 is 2.80 bits per heavy atom. The Balaban J connectivity index is 1.96. The molecule has 0 bridgehead atoms. The van der Waals surface area contributed by atoms with Crippen LogP contribution in [-0.2, 0) is 13.2 Å². The van der Waals surface area contributed by atoms with Crippen LogP contribution in [0.2, 0.25) is 0 Å². The molecule has 0 saturated heterocycles. The number of nitrogens with zero attached hydrogens (tertiary/aromatic N) is 1. The lowest BCUT2D eigenvalue weighted by Crippen LogP contribution is -2.14. The van der Waals surface area contributed by atoms with Crippen molar-refractivity contribution in [3.8, 4) is 5.75 Å². The van der Waals surface area contributed by atoms with Crippen molar-refractivity contribution in [2.75, 3.05) is 6.54 Å². The lowest BCUT2D eigenvalue weighted by atomic mass is 10.2. The van der Waals surface area contributed by atoms with Gasteiger partial charge in [0.25, 0.3) is 0 Å². The van der Waals surface area contributed by atoms with Crippen molar-refractivity contribution in [3.05, 3.63) is 58.3 Å². The molecule has 0 spiro atoms. The molecule has 0 saturated carbocycles. The molecule has 4 heteroatoms. The topological polar surface area (TPSA) is 34.1 Å². The molecule has 0 amide bonds. The Labute approximate surface area is 128 Å². The molecule has 2 aromatic rings. The molecule has 106 valence electrons. The first-order valence-corrected chi connectivity index (χ1v) is 7.60. The third-order valence-corrected chi connectivity index (χ3v) is 3.35. The highest BCUT2D eigenvalue weighted by Crippen LogP contribution is 2.19. The number of rotatable bonds is 7. The molecule has 20 heavy (non-hydrogen) atoms. The predicted octanol–water partition coefficient (Wildman–Crippen LogP) is 3.92. The van der Waals surface area contributed by atoms with E-state index >= 15 is 0 Å². The molecule has 2 rings (SSSR count). The van der Waals surface area contributed by atoms with Crippen molar-refractivity contribution in [2.45, 2.75) is 26.5 Å².